The third-order valence-corrected chi connectivity index (χ3v) is 2.62. The van der Waals surface area contributed by atoms with Crippen LogP contribution in [-0.4, -0.2) is 22.3 Å². The van der Waals surface area contributed by atoms with E-state index < -0.39 is 5.97 Å². The number of aliphatic carboxylic acids is 1. The Morgan fingerprint density at radius 2 is 1.69 bits per heavy atom. The molecule has 0 rings (SSSR count). The van der Waals surface area contributed by atoms with Crippen LogP contribution in [0, 0.1) is 0 Å². The average Bonchev–Trinajstić information content (AvgIpc) is 2.22. The topological polar surface area (TPSA) is 57.5 Å². The predicted octanol–water partition coefficient (Wildman–Crippen LogP) is 3.13. The Balaban J connectivity index is 3.09. The van der Waals surface area contributed by atoms with Gasteiger partial charge in [0.1, 0.15) is 0 Å². The summed E-state index contributed by atoms with van der Waals surface area (Å²) in [6, 6.07) is 0. The molecular formula is C13H24O3. The van der Waals surface area contributed by atoms with E-state index in [1.807, 2.05) is 0 Å². The maximum absolute atomic E-state index is 10.2. The van der Waals surface area contributed by atoms with Crippen LogP contribution in [0.4, 0.5) is 0 Å². The van der Waals surface area contributed by atoms with E-state index in [0.29, 0.717) is 6.42 Å². The van der Waals surface area contributed by atoms with Gasteiger partial charge in [0.25, 0.3) is 0 Å². The number of rotatable bonds is 11. The van der Waals surface area contributed by atoms with Crippen molar-refractivity contribution in [3.63, 3.8) is 0 Å². The van der Waals surface area contributed by atoms with Gasteiger partial charge in [-0.15, -0.1) is 6.58 Å². The number of hydrogen-bond donors (Lipinski definition) is 2. The van der Waals surface area contributed by atoms with Crippen LogP contribution >= 0.6 is 0 Å². The zero-order valence-electron chi connectivity index (χ0n) is 10.0. The summed E-state index contributed by atoms with van der Waals surface area (Å²) in [6.45, 7) is 3.59. The van der Waals surface area contributed by atoms with Crippen LogP contribution in [0.2, 0.25) is 0 Å². The zero-order chi connectivity index (χ0) is 12.2. The Labute approximate surface area is 98.2 Å². The van der Waals surface area contributed by atoms with Gasteiger partial charge in [-0.25, -0.2) is 0 Å². The van der Waals surface area contributed by atoms with Crippen molar-refractivity contribution >= 4 is 5.97 Å². The van der Waals surface area contributed by atoms with Crippen LogP contribution < -0.4 is 0 Å². The van der Waals surface area contributed by atoms with Crippen LogP contribution in [0.15, 0.2) is 12.7 Å². The van der Waals surface area contributed by atoms with Gasteiger partial charge >= 0.3 is 5.97 Å². The smallest absolute Gasteiger partial charge is 0.303 e. The Morgan fingerprint density at radius 3 is 2.25 bits per heavy atom. The summed E-state index contributed by atoms with van der Waals surface area (Å²) in [5.74, 6) is -0.701. The maximum Gasteiger partial charge on any atom is 0.303 e. The molecular weight excluding hydrogens is 204 g/mol. The lowest BCUT2D eigenvalue weighted by Gasteiger charge is -2.06. The summed E-state index contributed by atoms with van der Waals surface area (Å²) in [5, 5.41) is 17.8. The second kappa shape index (κ2) is 10.7. The summed E-state index contributed by atoms with van der Waals surface area (Å²) in [4.78, 5) is 10.2. The molecule has 94 valence electrons. The number of carboxylic acid groups (broad SMARTS) is 1. The highest BCUT2D eigenvalue weighted by Gasteiger charge is 2.01. The van der Waals surface area contributed by atoms with Crippen molar-refractivity contribution in [3.8, 4) is 0 Å². The van der Waals surface area contributed by atoms with Crippen molar-refractivity contribution in [2.75, 3.05) is 0 Å². The van der Waals surface area contributed by atoms with Gasteiger partial charge in [-0.05, 0) is 19.3 Å². The van der Waals surface area contributed by atoms with Crippen LogP contribution in [0.1, 0.15) is 57.8 Å². The molecule has 0 aliphatic carbocycles. The van der Waals surface area contributed by atoms with E-state index >= 15 is 0 Å². The maximum atomic E-state index is 10.2. The van der Waals surface area contributed by atoms with Gasteiger partial charge in [-0.2, -0.15) is 0 Å². The van der Waals surface area contributed by atoms with Crippen LogP contribution in [-0.2, 0) is 4.79 Å². The molecule has 0 amide bonds. The molecule has 0 aromatic heterocycles. The predicted molar refractivity (Wildman–Crippen MR) is 65.4 cm³/mol. The molecule has 0 aromatic carbocycles. The Morgan fingerprint density at radius 1 is 1.12 bits per heavy atom. The van der Waals surface area contributed by atoms with Gasteiger partial charge in [0.05, 0.1) is 6.10 Å². The highest BCUT2D eigenvalue weighted by molar-refractivity contribution is 5.66. The van der Waals surface area contributed by atoms with E-state index in [9.17, 15) is 9.90 Å². The van der Waals surface area contributed by atoms with Crippen LogP contribution in [0.5, 0.6) is 0 Å². The summed E-state index contributed by atoms with van der Waals surface area (Å²) in [5.41, 5.74) is 0. The van der Waals surface area contributed by atoms with Gasteiger partial charge in [0.2, 0.25) is 0 Å². The second-order valence-electron chi connectivity index (χ2n) is 4.23. The molecule has 0 heterocycles. The standard InChI is InChI=1S/C13H24O3/c1-2-9-12(14)10-7-5-3-4-6-8-11-13(15)16/h2,12,14H,1,3-11H2,(H,15,16). The quantitative estimate of drug-likeness (QED) is 0.422. The lowest BCUT2D eigenvalue weighted by molar-refractivity contribution is -0.137. The minimum absolute atomic E-state index is 0.232. The number of carboxylic acids is 1. The molecule has 1 atom stereocenters. The molecule has 0 radical (unpaired) electrons. The molecule has 3 heteroatoms. The van der Waals surface area contributed by atoms with Crippen molar-refractivity contribution < 1.29 is 15.0 Å². The molecule has 0 saturated carbocycles. The third kappa shape index (κ3) is 11.2. The number of hydrogen-bond acceptors (Lipinski definition) is 2. The minimum atomic E-state index is -0.701. The average molecular weight is 228 g/mol. The van der Waals surface area contributed by atoms with E-state index in [0.717, 1.165) is 44.9 Å². The number of unbranched alkanes of at least 4 members (excludes halogenated alkanes) is 5. The van der Waals surface area contributed by atoms with Crippen molar-refractivity contribution in [3.05, 3.63) is 12.7 Å². The summed E-state index contributed by atoms with van der Waals surface area (Å²) < 4.78 is 0. The Kier molecular flexibility index (Phi) is 10.1. The van der Waals surface area contributed by atoms with Gasteiger partial charge in [-0.1, -0.05) is 38.2 Å². The largest absolute Gasteiger partial charge is 0.481 e. The first-order chi connectivity index (χ1) is 7.66. The molecule has 0 fully saturated rings. The molecule has 1 unspecified atom stereocenters. The number of aliphatic hydroxyl groups is 1. The van der Waals surface area contributed by atoms with E-state index in [1.165, 1.54) is 0 Å². The Hall–Kier alpha value is -0.830. The van der Waals surface area contributed by atoms with E-state index in [-0.39, 0.29) is 12.5 Å². The van der Waals surface area contributed by atoms with E-state index in [4.69, 9.17) is 5.11 Å². The zero-order valence-corrected chi connectivity index (χ0v) is 10.0. The normalized spacial score (nSPS) is 12.3. The fraction of sp³-hybridized carbons (Fsp3) is 0.769. The number of aliphatic hydroxyl groups excluding tert-OH is 1. The van der Waals surface area contributed by atoms with Crippen molar-refractivity contribution in [1.29, 1.82) is 0 Å². The molecule has 3 nitrogen and oxygen atoms in total. The van der Waals surface area contributed by atoms with Gasteiger partial charge in [0.15, 0.2) is 0 Å². The van der Waals surface area contributed by atoms with Crippen LogP contribution in [0.3, 0.4) is 0 Å². The number of carbonyl (C=O) groups is 1. The Bertz CT molecular complexity index is 190. The monoisotopic (exact) mass is 228 g/mol. The van der Waals surface area contributed by atoms with E-state index in [2.05, 4.69) is 6.58 Å². The van der Waals surface area contributed by atoms with Gasteiger partial charge in [0, 0.05) is 6.42 Å². The SMILES string of the molecule is C=CCC(O)CCCCCCCCC(=O)O. The van der Waals surface area contributed by atoms with Crippen molar-refractivity contribution in [2.24, 2.45) is 0 Å². The fourth-order valence-corrected chi connectivity index (χ4v) is 1.67. The summed E-state index contributed by atoms with van der Waals surface area (Å²) >= 11 is 0. The first kappa shape index (κ1) is 15.2. The highest BCUT2D eigenvalue weighted by atomic mass is 16.4. The van der Waals surface area contributed by atoms with Crippen molar-refractivity contribution in [1.82, 2.24) is 0 Å². The lowest BCUT2D eigenvalue weighted by Crippen LogP contribution is -2.03. The van der Waals surface area contributed by atoms with Gasteiger partial charge in [-0.3, -0.25) is 4.79 Å². The minimum Gasteiger partial charge on any atom is -0.481 e. The fourth-order valence-electron chi connectivity index (χ4n) is 1.67. The first-order valence-electron chi connectivity index (χ1n) is 6.17. The third-order valence-electron chi connectivity index (χ3n) is 2.62. The summed E-state index contributed by atoms with van der Waals surface area (Å²) in [6.07, 6.45) is 9.54. The van der Waals surface area contributed by atoms with Crippen molar-refractivity contribution in [2.45, 2.75) is 63.9 Å². The molecule has 0 saturated heterocycles. The highest BCUT2D eigenvalue weighted by Crippen LogP contribution is 2.11. The summed E-state index contributed by atoms with van der Waals surface area (Å²) in [7, 11) is 0. The molecule has 16 heavy (non-hydrogen) atoms. The second-order valence-corrected chi connectivity index (χ2v) is 4.23. The first-order valence-corrected chi connectivity index (χ1v) is 6.17. The van der Waals surface area contributed by atoms with Gasteiger partial charge < -0.3 is 10.2 Å². The molecule has 0 aromatic rings. The van der Waals surface area contributed by atoms with E-state index in [1.54, 1.807) is 6.08 Å². The molecule has 0 aliphatic rings. The molecule has 0 spiro atoms. The molecule has 0 bridgehead atoms. The van der Waals surface area contributed by atoms with Crippen LogP contribution in [0.25, 0.3) is 0 Å². The molecule has 2 N–H and O–H groups in total. The molecule has 0 aliphatic heterocycles. The lowest BCUT2D eigenvalue weighted by atomic mass is 10.0.